The van der Waals surface area contributed by atoms with E-state index < -0.39 is 24.2 Å². The summed E-state index contributed by atoms with van der Waals surface area (Å²) in [6, 6.07) is 25.3. The summed E-state index contributed by atoms with van der Waals surface area (Å²) < 4.78 is 83.1. The van der Waals surface area contributed by atoms with Gasteiger partial charge < -0.3 is 8.83 Å². The van der Waals surface area contributed by atoms with E-state index in [9.17, 15) is 0 Å². The molecule has 0 aliphatic rings. The Hall–Kier alpha value is -5.60. The molecule has 0 saturated carbocycles. The lowest BCUT2D eigenvalue weighted by molar-refractivity contribution is 0.616. The molecule has 2 heteroatoms. The van der Waals surface area contributed by atoms with Crippen LogP contribution in [0.5, 0.6) is 0 Å². The second-order valence-electron chi connectivity index (χ2n) is 10.3. The quantitative estimate of drug-likeness (QED) is 0.207. The molecule has 0 spiro atoms. The molecule has 0 fully saturated rings. The lowest BCUT2D eigenvalue weighted by Gasteiger charge is -2.18. The van der Waals surface area contributed by atoms with Crippen LogP contribution in [0.2, 0.25) is 0 Å². The maximum Gasteiger partial charge on any atom is 0.146 e. The van der Waals surface area contributed by atoms with E-state index in [1.54, 1.807) is 30.5 Å². The molecule has 0 amide bonds. The Morgan fingerprint density at radius 3 is 1.69 bits per heavy atom. The van der Waals surface area contributed by atoms with Crippen molar-refractivity contribution in [3.8, 4) is 33.4 Å². The van der Waals surface area contributed by atoms with Crippen molar-refractivity contribution in [2.45, 2.75) is 0 Å². The Labute approximate surface area is 253 Å². The molecule has 2 aromatic heterocycles. The Kier molecular flexibility index (Phi) is 3.54. The van der Waals surface area contributed by atoms with Gasteiger partial charge in [-0.1, -0.05) is 121 Å². The summed E-state index contributed by atoms with van der Waals surface area (Å²) >= 11 is 0. The Morgan fingerprint density at radius 2 is 1.02 bits per heavy atom. The second-order valence-corrected chi connectivity index (χ2v) is 10.3. The van der Waals surface area contributed by atoms with Gasteiger partial charge in [0, 0.05) is 16.3 Å². The SMILES string of the molecule is [2H]c1c([2H])c([2H])c2c(-c3ccc(-c4cc5c6ccccc6oc5c5ccoc45)cc3)c3c([2H])c([2H])c([2H])c([2H])c3c(-c3ccccc3)c2c1[2H]. The highest BCUT2D eigenvalue weighted by Crippen LogP contribution is 2.45. The molecule has 0 atom stereocenters. The number of hydrogen-bond donors (Lipinski definition) is 0. The number of benzene rings is 7. The number of furan rings is 2. The Balaban J connectivity index is 1.39. The molecule has 2 nitrogen and oxygen atoms in total. The van der Waals surface area contributed by atoms with Gasteiger partial charge in [0.15, 0.2) is 0 Å². The topological polar surface area (TPSA) is 26.3 Å². The molecular weight excluding hydrogens is 512 g/mol. The van der Waals surface area contributed by atoms with E-state index in [1.165, 1.54) is 0 Å². The average Bonchev–Trinajstić information content (AvgIpc) is 3.79. The first-order valence-corrected chi connectivity index (χ1v) is 13.6. The number of rotatable bonds is 3. The molecule has 0 N–H and O–H groups in total. The van der Waals surface area contributed by atoms with Gasteiger partial charge in [0.25, 0.3) is 0 Å². The second kappa shape index (κ2) is 8.95. The predicted octanol–water partition coefficient (Wildman–Crippen LogP) is 11.6. The molecule has 7 aromatic carbocycles. The van der Waals surface area contributed by atoms with Crippen molar-refractivity contribution in [1.82, 2.24) is 0 Å². The molecule has 0 unspecified atom stereocenters. The van der Waals surface area contributed by atoms with Crippen LogP contribution in [0.15, 0.2) is 154 Å². The predicted molar refractivity (Wildman–Crippen MR) is 175 cm³/mol. The van der Waals surface area contributed by atoms with Gasteiger partial charge in [-0.2, -0.15) is 0 Å². The standard InChI is InChI=1S/C40H24O2/c1-2-10-26(11-3-1)37-29-13-4-6-15-31(29)38(32-16-7-5-14-30(32)37)27-20-18-25(19-21-27)34-24-35-28-12-8-9-17-36(28)42-40(35)33-22-23-41-39(33)34/h1-24H/i4D,5D,6D,7D,13D,14D,15D,16D. The maximum absolute atomic E-state index is 9.14. The first kappa shape index (κ1) is 16.6. The highest BCUT2D eigenvalue weighted by Gasteiger charge is 2.19. The van der Waals surface area contributed by atoms with E-state index in [2.05, 4.69) is 0 Å². The zero-order valence-electron chi connectivity index (χ0n) is 30.1. The lowest BCUT2D eigenvalue weighted by atomic mass is 9.85. The van der Waals surface area contributed by atoms with Gasteiger partial charge in [-0.15, -0.1) is 0 Å². The monoisotopic (exact) mass is 544 g/mol. The molecular formula is C40H24O2. The van der Waals surface area contributed by atoms with Crippen LogP contribution < -0.4 is 0 Å². The summed E-state index contributed by atoms with van der Waals surface area (Å²) in [6.45, 7) is 0. The van der Waals surface area contributed by atoms with E-state index in [-0.39, 0.29) is 45.7 Å². The van der Waals surface area contributed by atoms with E-state index >= 15 is 0 Å². The van der Waals surface area contributed by atoms with Gasteiger partial charge in [0.2, 0.25) is 0 Å². The third kappa shape index (κ3) is 3.33. The van der Waals surface area contributed by atoms with Crippen LogP contribution in [0.25, 0.3) is 87.8 Å². The van der Waals surface area contributed by atoms with Crippen LogP contribution in [0.3, 0.4) is 0 Å². The van der Waals surface area contributed by atoms with E-state index in [0.29, 0.717) is 27.8 Å². The minimum atomic E-state index is -0.430. The highest BCUT2D eigenvalue weighted by atomic mass is 16.3. The first-order valence-electron chi connectivity index (χ1n) is 17.6. The van der Waals surface area contributed by atoms with Gasteiger partial charge in [0.1, 0.15) is 16.7 Å². The van der Waals surface area contributed by atoms with Gasteiger partial charge >= 0.3 is 0 Å². The van der Waals surface area contributed by atoms with Crippen molar-refractivity contribution in [1.29, 1.82) is 0 Å². The molecule has 0 saturated heterocycles. The summed E-state index contributed by atoms with van der Waals surface area (Å²) in [5.41, 5.74) is 5.53. The van der Waals surface area contributed by atoms with Gasteiger partial charge in [-0.25, -0.2) is 0 Å². The summed E-state index contributed by atoms with van der Waals surface area (Å²) in [6.07, 6.45) is 1.63. The van der Waals surface area contributed by atoms with Gasteiger partial charge in [0.05, 0.1) is 22.6 Å². The normalized spacial score (nSPS) is 14.5. The Bertz CT molecular complexity index is 2810. The van der Waals surface area contributed by atoms with Crippen LogP contribution in [-0.2, 0) is 0 Å². The summed E-state index contributed by atoms with van der Waals surface area (Å²) in [4.78, 5) is 0. The van der Waals surface area contributed by atoms with Gasteiger partial charge in [-0.05, 0) is 67.6 Å². The third-order valence-electron chi connectivity index (χ3n) is 8.00. The summed E-state index contributed by atoms with van der Waals surface area (Å²) in [5, 5.41) is 3.48. The zero-order chi connectivity index (χ0) is 34.6. The lowest BCUT2D eigenvalue weighted by Crippen LogP contribution is -1.90. The average molecular weight is 545 g/mol. The number of hydrogen-bond acceptors (Lipinski definition) is 2. The molecule has 42 heavy (non-hydrogen) atoms. The van der Waals surface area contributed by atoms with Crippen molar-refractivity contribution in [2.75, 3.05) is 0 Å². The number of para-hydroxylation sites is 1. The first-order chi connectivity index (χ1) is 24.2. The minimum Gasteiger partial charge on any atom is -0.464 e. The molecule has 0 bridgehead atoms. The van der Waals surface area contributed by atoms with Crippen LogP contribution in [-0.4, -0.2) is 0 Å². The van der Waals surface area contributed by atoms with Crippen molar-refractivity contribution >= 4 is 54.5 Å². The number of fused-ring (bicyclic) bond motifs is 7. The fraction of sp³-hybridized carbons (Fsp3) is 0. The van der Waals surface area contributed by atoms with Crippen molar-refractivity contribution in [3.05, 3.63) is 146 Å². The molecule has 0 radical (unpaired) electrons. The Morgan fingerprint density at radius 1 is 0.452 bits per heavy atom. The molecule has 9 rings (SSSR count). The van der Waals surface area contributed by atoms with E-state index in [4.69, 9.17) is 19.8 Å². The summed E-state index contributed by atoms with van der Waals surface area (Å²) in [5.74, 6) is 0. The van der Waals surface area contributed by atoms with Crippen molar-refractivity contribution < 1.29 is 19.8 Å². The van der Waals surface area contributed by atoms with Crippen LogP contribution in [0.1, 0.15) is 11.0 Å². The van der Waals surface area contributed by atoms with Gasteiger partial charge in [-0.3, -0.25) is 0 Å². The third-order valence-corrected chi connectivity index (χ3v) is 8.00. The molecule has 196 valence electrons. The van der Waals surface area contributed by atoms with E-state index in [1.807, 2.05) is 66.7 Å². The maximum atomic E-state index is 9.14. The zero-order valence-corrected chi connectivity index (χ0v) is 22.1. The van der Waals surface area contributed by atoms with Crippen LogP contribution in [0.4, 0.5) is 0 Å². The molecule has 2 heterocycles. The molecule has 0 aliphatic carbocycles. The van der Waals surface area contributed by atoms with Crippen LogP contribution in [0, 0.1) is 0 Å². The minimum absolute atomic E-state index is 0.180. The molecule has 0 aliphatic heterocycles. The largest absolute Gasteiger partial charge is 0.464 e. The van der Waals surface area contributed by atoms with E-state index in [0.717, 1.165) is 38.5 Å². The van der Waals surface area contributed by atoms with Crippen LogP contribution >= 0.6 is 0 Å². The highest BCUT2D eigenvalue weighted by molar-refractivity contribution is 6.22. The fourth-order valence-corrected chi connectivity index (χ4v) is 6.15. The van der Waals surface area contributed by atoms with Crippen molar-refractivity contribution in [3.63, 3.8) is 0 Å². The fourth-order valence-electron chi connectivity index (χ4n) is 6.15. The summed E-state index contributed by atoms with van der Waals surface area (Å²) in [7, 11) is 0. The smallest absolute Gasteiger partial charge is 0.146 e. The molecule has 9 aromatic rings. The van der Waals surface area contributed by atoms with Crippen molar-refractivity contribution in [2.24, 2.45) is 0 Å².